The molecule has 0 radical (unpaired) electrons. The minimum absolute atomic E-state index is 0.0826. The zero-order valence-corrected chi connectivity index (χ0v) is 13.6. The van der Waals surface area contributed by atoms with Crippen LogP contribution in [0.4, 0.5) is 0 Å². The summed E-state index contributed by atoms with van der Waals surface area (Å²) in [6, 6.07) is 23.8. The lowest BCUT2D eigenvalue weighted by Gasteiger charge is -2.06. The number of carbonyl (C=O) groups is 1. The van der Waals surface area contributed by atoms with Crippen molar-refractivity contribution in [1.29, 1.82) is 0 Å². The monoisotopic (exact) mass is 330 g/mol. The maximum absolute atomic E-state index is 12.1. The first-order valence-electron chi connectivity index (χ1n) is 7.99. The zero-order valence-electron chi connectivity index (χ0n) is 13.6. The van der Waals surface area contributed by atoms with Crippen molar-refractivity contribution in [3.63, 3.8) is 0 Å². The summed E-state index contributed by atoms with van der Waals surface area (Å²) >= 11 is 0. The number of hydrogen-bond acceptors (Lipinski definition) is 3. The molecular weight excluding hydrogens is 312 g/mol. The largest absolute Gasteiger partial charge is 0.508 e. The molecule has 0 bridgehead atoms. The van der Waals surface area contributed by atoms with E-state index in [9.17, 15) is 9.90 Å². The second-order valence-corrected chi connectivity index (χ2v) is 5.59. The number of aromatic hydroxyl groups is 1. The van der Waals surface area contributed by atoms with E-state index in [1.54, 1.807) is 18.2 Å². The van der Waals surface area contributed by atoms with Crippen LogP contribution in [0, 0.1) is 0 Å². The van der Waals surface area contributed by atoms with E-state index in [0.29, 0.717) is 12.2 Å². The highest BCUT2D eigenvalue weighted by molar-refractivity contribution is 6.07. The highest BCUT2D eigenvalue weighted by Crippen LogP contribution is 2.16. The molecular formula is C22H18O3. The SMILES string of the molecule is O=C(/C=C/c1ccc(OCc2ccccc2)cc1)c1cccc(O)c1. The van der Waals surface area contributed by atoms with Crippen LogP contribution in [0.15, 0.2) is 84.9 Å². The predicted octanol–water partition coefficient (Wildman–Crippen LogP) is 4.87. The van der Waals surface area contributed by atoms with Crippen molar-refractivity contribution in [3.05, 3.63) is 102 Å². The molecule has 0 spiro atoms. The van der Waals surface area contributed by atoms with E-state index in [1.807, 2.05) is 54.6 Å². The molecule has 124 valence electrons. The van der Waals surface area contributed by atoms with Gasteiger partial charge in [-0.1, -0.05) is 60.7 Å². The Morgan fingerprint density at radius 2 is 1.68 bits per heavy atom. The Morgan fingerprint density at radius 1 is 0.920 bits per heavy atom. The van der Waals surface area contributed by atoms with Gasteiger partial charge < -0.3 is 9.84 Å². The van der Waals surface area contributed by atoms with Crippen LogP contribution >= 0.6 is 0 Å². The third-order valence-electron chi connectivity index (χ3n) is 3.69. The quantitative estimate of drug-likeness (QED) is 0.518. The number of carbonyl (C=O) groups excluding carboxylic acids is 1. The molecule has 3 rings (SSSR count). The highest BCUT2D eigenvalue weighted by atomic mass is 16.5. The van der Waals surface area contributed by atoms with Crippen LogP contribution in [-0.2, 0) is 6.61 Å². The minimum atomic E-state index is -0.152. The Hall–Kier alpha value is -3.33. The minimum Gasteiger partial charge on any atom is -0.508 e. The number of ether oxygens (including phenoxy) is 1. The van der Waals surface area contributed by atoms with Gasteiger partial charge in [-0.2, -0.15) is 0 Å². The first-order chi connectivity index (χ1) is 12.2. The number of phenolic OH excluding ortho intramolecular Hbond substituents is 1. The number of benzene rings is 3. The number of phenols is 1. The van der Waals surface area contributed by atoms with Gasteiger partial charge in [-0.3, -0.25) is 4.79 Å². The molecule has 0 amide bonds. The lowest BCUT2D eigenvalue weighted by Crippen LogP contribution is -1.95. The Bertz CT molecular complexity index is 865. The van der Waals surface area contributed by atoms with Gasteiger partial charge in [0.2, 0.25) is 0 Å². The zero-order chi connectivity index (χ0) is 17.5. The summed E-state index contributed by atoms with van der Waals surface area (Å²) in [4.78, 5) is 12.1. The normalized spacial score (nSPS) is 10.7. The molecule has 0 heterocycles. The molecule has 0 saturated carbocycles. The van der Waals surface area contributed by atoms with E-state index in [1.165, 1.54) is 18.2 Å². The van der Waals surface area contributed by atoms with Crippen molar-refractivity contribution >= 4 is 11.9 Å². The predicted molar refractivity (Wildman–Crippen MR) is 98.7 cm³/mol. The molecule has 3 heteroatoms. The second kappa shape index (κ2) is 7.97. The van der Waals surface area contributed by atoms with Crippen molar-refractivity contribution < 1.29 is 14.6 Å². The van der Waals surface area contributed by atoms with Gasteiger partial charge in [-0.05, 0) is 41.5 Å². The van der Waals surface area contributed by atoms with Crippen LogP contribution in [0.2, 0.25) is 0 Å². The Labute approximate surface area is 146 Å². The third kappa shape index (κ3) is 4.82. The van der Waals surface area contributed by atoms with Gasteiger partial charge in [0.15, 0.2) is 5.78 Å². The van der Waals surface area contributed by atoms with Crippen LogP contribution in [-0.4, -0.2) is 10.9 Å². The van der Waals surface area contributed by atoms with Gasteiger partial charge >= 0.3 is 0 Å². The van der Waals surface area contributed by atoms with Gasteiger partial charge in [0.05, 0.1) is 0 Å². The molecule has 0 fully saturated rings. The number of allylic oxidation sites excluding steroid dienone is 1. The number of ketones is 1. The summed E-state index contributed by atoms with van der Waals surface area (Å²) < 4.78 is 5.74. The van der Waals surface area contributed by atoms with E-state index >= 15 is 0 Å². The maximum Gasteiger partial charge on any atom is 0.185 e. The molecule has 0 unspecified atom stereocenters. The molecule has 0 aliphatic rings. The molecule has 0 atom stereocenters. The van der Waals surface area contributed by atoms with Crippen molar-refractivity contribution in [2.75, 3.05) is 0 Å². The molecule has 1 N–H and O–H groups in total. The van der Waals surface area contributed by atoms with E-state index in [4.69, 9.17) is 4.74 Å². The van der Waals surface area contributed by atoms with Crippen molar-refractivity contribution in [3.8, 4) is 11.5 Å². The topological polar surface area (TPSA) is 46.5 Å². The van der Waals surface area contributed by atoms with Crippen molar-refractivity contribution in [1.82, 2.24) is 0 Å². The summed E-state index contributed by atoms with van der Waals surface area (Å²) in [7, 11) is 0. The van der Waals surface area contributed by atoms with Gasteiger partial charge in [-0.25, -0.2) is 0 Å². The fourth-order valence-corrected chi connectivity index (χ4v) is 2.34. The second-order valence-electron chi connectivity index (χ2n) is 5.59. The lowest BCUT2D eigenvalue weighted by atomic mass is 10.1. The molecule has 3 aromatic rings. The van der Waals surface area contributed by atoms with Crippen LogP contribution < -0.4 is 4.74 Å². The summed E-state index contributed by atoms with van der Waals surface area (Å²) in [6.07, 6.45) is 3.24. The summed E-state index contributed by atoms with van der Waals surface area (Å²) in [5.74, 6) is 0.708. The molecule has 3 nitrogen and oxygen atoms in total. The Kier molecular flexibility index (Phi) is 5.27. The van der Waals surface area contributed by atoms with Gasteiger partial charge in [-0.15, -0.1) is 0 Å². The van der Waals surface area contributed by atoms with Crippen LogP contribution in [0.5, 0.6) is 11.5 Å². The smallest absolute Gasteiger partial charge is 0.185 e. The Morgan fingerprint density at radius 3 is 2.40 bits per heavy atom. The van der Waals surface area contributed by atoms with Crippen LogP contribution in [0.25, 0.3) is 6.08 Å². The molecule has 0 aromatic heterocycles. The van der Waals surface area contributed by atoms with E-state index in [-0.39, 0.29) is 11.5 Å². The average molecular weight is 330 g/mol. The van der Waals surface area contributed by atoms with E-state index in [2.05, 4.69) is 0 Å². The van der Waals surface area contributed by atoms with Crippen molar-refractivity contribution in [2.24, 2.45) is 0 Å². The van der Waals surface area contributed by atoms with E-state index < -0.39 is 0 Å². The first kappa shape index (κ1) is 16.5. The van der Waals surface area contributed by atoms with Gasteiger partial charge in [0.1, 0.15) is 18.1 Å². The summed E-state index contributed by atoms with van der Waals surface area (Å²) in [5.41, 5.74) is 2.47. The molecule has 0 saturated heterocycles. The summed E-state index contributed by atoms with van der Waals surface area (Å²) in [6.45, 7) is 0.520. The molecule has 0 aliphatic heterocycles. The lowest BCUT2D eigenvalue weighted by molar-refractivity contribution is 0.104. The maximum atomic E-state index is 12.1. The van der Waals surface area contributed by atoms with E-state index in [0.717, 1.165) is 16.9 Å². The molecule has 3 aromatic carbocycles. The summed E-state index contributed by atoms with van der Waals surface area (Å²) in [5, 5.41) is 9.42. The van der Waals surface area contributed by atoms with Crippen LogP contribution in [0.1, 0.15) is 21.5 Å². The molecule has 25 heavy (non-hydrogen) atoms. The number of hydrogen-bond donors (Lipinski definition) is 1. The van der Waals surface area contributed by atoms with Gasteiger partial charge in [0, 0.05) is 5.56 Å². The van der Waals surface area contributed by atoms with Gasteiger partial charge in [0.25, 0.3) is 0 Å². The fourth-order valence-electron chi connectivity index (χ4n) is 2.34. The standard InChI is InChI=1S/C22H18O3/c23-20-8-4-7-19(15-20)22(24)14-11-17-9-12-21(13-10-17)25-16-18-5-2-1-3-6-18/h1-15,23H,16H2/b14-11+. The van der Waals surface area contributed by atoms with Crippen molar-refractivity contribution in [2.45, 2.75) is 6.61 Å². The third-order valence-corrected chi connectivity index (χ3v) is 3.69. The number of rotatable bonds is 6. The first-order valence-corrected chi connectivity index (χ1v) is 7.99. The van der Waals surface area contributed by atoms with Crippen LogP contribution in [0.3, 0.4) is 0 Å². The average Bonchev–Trinajstić information content (AvgIpc) is 2.66. The molecule has 0 aliphatic carbocycles. The fraction of sp³-hybridized carbons (Fsp3) is 0.0455. The highest BCUT2D eigenvalue weighted by Gasteiger charge is 2.02. The Balaban J connectivity index is 1.59.